The van der Waals surface area contributed by atoms with E-state index in [-0.39, 0.29) is 11.2 Å². The molecule has 1 unspecified atom stereocenters. The lowest BCUT2D eigenvalue weighted by Gasteiger charge is -2.15. The van der Waals surface area contributed by atoms with Crippen LogP contribution in [0.25, 0.3) is 0 Å². The Morgan fingerprint density at radius 1 is 1.40 bits per heavy atom. The molecule has 0 amide bonds. The predicted octanol–water partition coefficient (Wildman–Crippen LogP) is 4.16. The van der Waals surface area contributed by atoms with Gasteiger partial charge in [0.2, 0.25) is 0 Å². The first-order valence-electron chi connectivity index (χ1n) is 5.02. The summed E-state index contributed by atoms with van der Waals surface area (Å²) in [5, 5.41) is -0.198. The molecule has 0 fully saturated rings. The number of ether oxygens (including phenoxy) is 1. The third kappa shape index (κ3) is 3.38. The number of halogens is 2. The maximum Gasteiger partial charge on any atom is 0.123 e. The average molecular weight is 231 g/mol. The fourth-order valence-electron chi connectivity index (χ4n) is 1.49. The third-order valence-corrected chi connectivity index (χ3v) is 2.62. The highest BCUT2D eigenvalue weighted by Gasteiger charge is 2.15. The van der Waals surface area contributed by atoms with Gasteiger partial charge in [-0.2, -0.15) is 0 Å². The SMILES string of the molecule is COc1ccc(F)cc1C(Cl)CC(C)C. The fourth-order valence-corrected chi connectivity index (χ4v) is 2.02. The van der Waals surface area contributed by atoms with Gasteiger partial charge in [0.1, 0.15) is 11.6 Å². The molecule has 84 valence electrons. The van der Waals surface area contributed by atoms with Crippen LogP contribution in [0.3, 0.4) is 0 Å². The highest BCUT2D eigenvalue weighted by atomic mass is 35.5. The molecule has 1 rings (SSSR count). The molecule has 0 aromatic heterocycles. The Morgan fingerprint density at radius 2 is 2.07 bits per heavy atom. The van der Waals surface area contributed by atoms with Crippen molar-refractivity contribution in [2.24, 2.45) is 5.92 Å². The van der Waals surface area contributed by atoms with Gasteiger partial charge in [-0.15, -0.1) is 11.6 Å². The van der Waals surface area contributed by atoms with Crippen molar-refractivity contribution in [2.45, 2.75) is 25.6 Å². The number of hydrogen-bond acceptors (Lipinski definition) is 1. The minimum atomic E-state index is -0.278. The van der Waals surface area contributed by atoms with Crippen LogP contribution < -0.4 is 4.74 Å². The summed E-state index contributed by atoms with van der Waals surface area (Å²) < 4.78 is 18.2. The van der Waals surface area contributed by atoms with E-state index < -0.39 is 0 Å². The van der Waals surface area contributed by atoms with Gasteiger partial charge < -0.3 is 4.74 Å². The molecular weight excluding hydrogens is 215 g/mol. The van der Waals surface area contributed by atoms with Gasteiger partial charge in [0, 0.05) is 5.56 Å². The van der Waals surface area contributed by atoms with Gasteiger partial charge in [0.05, 0.1) is 12.5 Å². The third-order valence-electron chi connectivity index (χ3n) is 2.21. The van der Waals surface area contributed by atoms with Gasteiger partial charge in [-0.25, -0.2) is 4.39 Å². The molecule has 0 saturated heterocycles. The van der Waals surface area contributed by atoms with Crippen molar-refractivity contribution in [3.63, 3.8) is 0 Å². The van der Waals surface area contributed by atoms with Gasteiger partial charge in [-0.1, -0.05) is 13.8 Å². The summed E-state index contributed by atoms with van der Waals surface area (Å²) in [4.78, 5) is 0. The monoisotopic (exact) mass is 230 g/mol. The van der Waals surface area contributed by atoms with Crippen molar-refractivity contribution >= 4 is 11.6 Å². The second-order valence-corrected chi connectivity index (χ2v) is 4.51. The van der Waals surface area contributed by atoms with Crippen LogP contribution in [0.4, 0.5) is 4.39 Å². The van der Waals surface area contributed by atoms with E-state index in [0.717, 1.165) is 12.0 Å². The predicted molar refractivity (Wildman–Crippen MR) is 61.0 cm³/mol. The Labute approximate surface area is 95.2 Å². The van der Waals surface area contributed by atoms with Crippen LogP contribution in [0.2, 0.25) is 0 Å². The van der Waals surface area contributed by atoms with E-state index in [0.29, 0.717) is 11.7 Å². The lowest BCUT2D eigenvalue weighted by Crippen LogP contribution is -2.00. The average Bonchev–Trinajstić information content (AvgIpc) is 2.16. The van der Waals surface area contributed by atoms with Crippen molar-refractivity contribution in [1.29, 1.82) is 0 Å². The summed E-state index contributed by atoms with van der Waals surface area (Å²) in [6.07, 6.45) is 0.807. The molecule has 0 saturated carbocycles. The number of rotatable bonds is 4. The van der Waals surface area contributed by atoms with E-state index in [1.165, 1.54) is 12.1 Å². The lowest BCUT2D eigenvalue weighted by atomic mass is 10.0. The molecule has 1 atom stereocenters. The van der Waals surface area contributed by atoms with Gasteiger partial charge in [0.25, 0.3) is 0 Å². The Bertz CT molecular complexity index is 325. The molecule has 0 aliphatic carbocycles. The summed E-state index contributed by atoms with van der Waals surface area (Å²) in [5.74, 6) is 0.845. The van der Waals surface area contributed by atoms with E-state index in [9.17, 15) is 4.39 Å². The Kier molecular flexibility index (Phi) is 4.40. The molecule has 0 aliphatic rings. The Balaban J connectivity index is 2.94. The van der Waals surface area contributed by atoms with Crippen molar-refractivity contribution in [2.75, 3.05) is 7.11 Å². The fraction of sp³-hybridized carbons (Fsp3) is 0.500. The van der Waals surface area contributed by atoms with Crippen LogP contribution >= 0.6 is 11.6 Å². The second kappa shape index (κ2) is 5.36. The standard InChI is InChI=1S/C12H16ClFO/c1-8(2)6-11(13)10-7-9(14)4-5-12(10)15-3/h4-5,7-8,11H,6H2,1-3H3. The lowest BCUT2D eigenvalue weighted by molar-refractivity contribution is 0.405. The number of benzene rings is 1. The molecule has 1 nitrogen and oxygen atoms in total. The molecular formula is C12H16ClFO. The highest BCUT2D eigenvalue weighted by Crippen LogP contribution is 2.34. The highest BCUT2D eigenvalue weighted by molar-refractivity contribution is 6.21. The first-order valence-corrected chi connectivity index (χ1v) is 5.45. The smallest absolute Gasteiger partial charge is 0.123 e. The van der Waals surface area contributed by atoms with Gasteiger partial charge in [0.15, 0.2) is 0 Å². The largest absolute Gasteiger partial charge is 0.496 e. The second-order valence-electron chi connectivity index (χ2n) is 3.98. The van der Waals surface area contributed by atoms with Crippen LogP contribution in [-0.4, -0.2) is 7.11 Å². The number of hydrogen-bond donors (Lipinski definition) is 0. The van der Waals surface area contributed by atoms with Crippen LogP contribution in [0.1, 0.15) is 31.2 Å². The quantitative estimate of drug-likeness (QED) is 0.706. The van der Waals surface area contributed by atoms with Gasteiger partial charge in [-0.3, -0.25) is 0 Å². The Morgan fingerprint density at radius 3 is 2.60 bits per heavy atom. The summed E-state index contributed by atoms with van der Waals surface area (Å²) in [7, 11) is 1.57. The summed E-state index contributed by atoms with van der Waals surface area (Å²) in [6, 6.07) is 4.43. The molecule has 0 bridgehead atoms. The van der Waals surface area contributed by atoms with E-state index >= 15 is 0 Å². The molecule has 0 spiro atoms. The first kappa shape index (κ1) is 12.3. The van der Waals surface area contributed by atoms with E-state index in [1.54, 1.807) is 13.2 Å². The van der Waals surface area contributed by atoms with Crippen molar-refractivity contribution in [3.8, 4) is 5.75 Å². The maximum atomic E-state index is 13.1. The van der Waals surface area contributed by atoms with Gasteiger partial charge in [-0.05, 0) is 30.5 Å². The van der Waals surface area contributed by atoms with Crippen LogP contribution in [0, 0.1) is 11.7 Å². The van der Waals surface area contributed by atoms with E-state index in [1.807, 2.05) is 0 Å². The van der Waals surface area contributed by atoms with Crippen LogP contribution in [-0.2, 0) is 0 Å². The zero-order valence-electron chi connectivity index (χ0n) is 9.26. The summed E-state index contributed by atoms with van der Waals surface area (Å²) >= 11 is 6.21. The molecule has 15 heavy (non-hydrogen) atoms. The van der Waals surface area contributed by atoms with Crippen LogP contribution in [0.5, 0.6) is 5.75 Å². The van der Waals surface area contributed by atoms with E-state index in [4.69, 9.17) is 16.3 Å². The summed E-state index contributed by atoms with van der Waals surface area (Å²) in [5.41, 5.74) is 0.730. The van der Waals surface area contributed by atoms with Crippen molar-refractivity contribution in [1.82, 2.24) is 0 Å². The minimum absolute atomic E-state index is 0.198. The topological polar surface area (TPSA) is 9.23 Å². The molecule has 0 N–H and O–H groups in total. The zero-order valence-corrected chi connectivity index (χ0v) is 10.0. The molecule has 3 heteroatoms. The molecule has 1 aromatic carbocycles. The molecule has 0 aliphatic heterocycles. The number of alkyl halides is 1. The normalized spacial score (nSPS) is 12.9. The number of methoxy groups -OCH3 is 1. The molecule has 0 radical (unpaired) electrons. The van der Waals surface area contributed by atoms with E-state index in [2.05, 4.69) is 13.8 Å². The van der Waals surface area contributed by atoms with Gasteiger partial charge >= 0.3 is 0 Å². The maximum absolute atomic E-state index is 13.1. The van der Waals surface area contributed by atoms with Crippen molar-refractivity contribution < 1.29 is 9.13 Å². The first-order chi connectivity index (χ1) is 7.04. The molecule has 1 aromatic rings. The van der Waals surface area contributed by atoms with Crippen LogP contribution in [0.15, 0.2) is 18.2 Å². The minimum Gasteiger partial charge on any atom is -0.496 e. The Hall–Kier alpha value is -0.760. The zero-order chi connectivity index (χ0) is 11.4. The van der Waals surface area contributed by atoms with Crippen molar-refractivity contribution in [3.05, 3.63) is 29.6 Å². The molecule has 0 heterocycles. The summed E-state index contributed by atoms with van der Waals surface area (Å²) in [6.45, 7) is 4.17.